The second-order valence-electron chi connectivity index (χ2n) is 12.8. The Morgan fingerprint density at radius 3 is 2.31 bits per heavy atom. The smallest absolute Gasteiger partial charge is 0.318 e. The fourth-order valence-corrected chi connectivity index (χ4v) is 8.86. The number of para-hydroxylation sites is 1. The van der Waals surface area contributed by atoms with E-state index in [-0.39, 0.29) is 41.5 Å². The third kappa shape index (κ3) is 6.84. The largest absolute Gasteiger partial charge is 0.497 e. The molecule has 0 aromatic heterocycles. The van der Waals surface area contributed by atoms with E-state index in [2.05, 4.69) is 22.2 Å². The number of nitrogens with zero attached hydrogens (tertiary/aromatic N) is 4. The molecule has 3 heterocycles. The molecule has 0 aliphatic carbocycles. The van der Waals surface area contributed by atoms with Crippen LogP contribution in [-0.4, -0.2) is 115 Å². The molecule has 3 amide bonds. The molecule has 0 saturated carbocycles. The number of anilines is 1. The van der Waals surface area contributed by atoms with E-state index in [0.29, 0.717) is 23.4 Å². The monoisotopic (exact) mass is 765 g/mol. The zero-order chi connectivity index (χ0) is 37.4. The van der Waals surface area contributed by atoms with Crippen LogP contribution in [0.1, 0.15) is 24.0 Å². The molecule has 2 saturated heterocycles. The van der Waals surface area contributed by atoms with Gasteiger partial charge in [-0.05, 0) is 57.2 Å². The molecular formula is C35H39ClF3N5O7S. The van der Waals surface area contributed by atoms with Crippen molar-refractivity contribution in [2.24, 2.45) is 0 Å². The number of carbonyl (C=O) groups excluding carboxylic acids is 2. The Hall–Kier alpha value is -4.25. The van der Waals surface area contributed by atoms with Gasteiger partial charge in [-0.1, -0.05) is 29.8 Å². The van der Waals surface area contributed by atoms with E-state index in [0.717, 1.165) is 44.1 Å². The number of hydrogen-bond donors (Lipinski definition) is 1. The van der Waals surface area contributed by atoms with Gasteiger partial charge in [0.1, 0.15) is 34.6 Å². The number of likely N-dealkylation sites (tertiary alicyclic amines) is 1. The number of hydrogen-bond acceptors (Lipinski definition) is 9. The van der Waals surface area contributed by atoms with Crippen LogP contribution < -0.4 is 23.8 Å². The van der Waals surface area contributed by atoms with Gasteiger partial charge in [0.2, 0.25) is 0 Å². The normalized spacial score (nSPS) is 20.3. The van der Waals surface area contributed by atoms with Gasteiger partial charge >= 0.3 is 6.03 Å². The molecule has 6 rings (SSSR count). The molecule has 0 radical (unpaired) electrons. The lowest BCUT2D eigenvalue weighted by atomic mass is 9.83. The minimum absolute atomic E-state index is 0.165. The van der Waals surface area contributed by atoms with Gasteiger partial charge < -0.3 is 29.3 Å². The highest BCUT2D eigenvalue weighted by atomic mass is 35.5. The fraction of sp³-hybridized carbons (Fsp3) is 0.429. The first-order valence-corrected chi connectivity index (χ1v) is 18.4. The van der Waals surface area contributed by atoms with Crippen molar-refractivity contribution in [1.82, 2.24) is 20.0 Å². The van der Waals surface area contributed by atoms with E-state index < -0.39 is 62.0 Å². The molecule has 17 heteroatoms. The van der Waals surface area contributed by atoms with E-state index in [1.54, 1.807) is 0 Å². The molecule has 1 N–H and O–H groups in total. The number of carbonyl (C=O) groups is 2. The number of piperidine rings is 1. The molecule has 3 aliphatic heterocycles. The van der Waals surface area contributed by atoms with Gasteiger partial charge in [-0.3, -0.25) is 9.69 Å². The summed E-state index contributed by atoms with van der Waals surface area (Å²) in [4.78, 5) is 35.0. The van der Waals surface area contributed by atoms with Crippen LogP contribution in [0.3, 0.4) is 0 Å². The maximum absolute atomic E-state index is 15.3. The minimum Gasteiger partial charge on any atom is -0.497 e. The van der Waals surface area contributed by atoms with Crippen LogP contribution >= 0.6 is 11.6 Å². The number of amides is 3. The summed E-state index contributed by atoms with van der Waals surface area (Å²) in [5, 5.41) is 2.28. The third-order valence-corrected chi connectivity index (χ3v) is 11.8. The van der Waals surface area contributed by atoms with Gasteiger partial charge in [0.25, 0.3) is 22.4 Å². The summed E-state index contributed by atoms with van der Waals surface area (Å²) in [5.41, 5.74) is -3.28. The van der Waals surface area contributed by atoms with Crippen molar-refractivity contribution in [2.75, 3.05) is 71.4 Å². The summed E-state index contributed by atoms with van der Waals surface area (Å²) in [6.07, 6.45) is -0.922. The summed E-state index contributed by atoms with van der Waals surface area (Å²) >= 11 is 6.29. The summed E-state index contributed by atoms with van der Waals surface area (Å²) in [6.45, 7) is 2.55. The standard InChI is InChI=1S/C35H39ClF3N5O7S/c1-41-12-10-22(11-13-41)42-14-16-43(17-15-42)34(46)40-35(24-6-4-5-7-29(24)51-21-32(38)39)25-19-26(36)27(37)20-28(25)44(33(35)45)52(47,48)31-9-8-23(49-2)18-30(31)50-3/h4-9,18-20,22,32H,10-17,21H2,1-3H3,(H,40,46). The van der Waals surface area contributed by atoms with E-state index in [1.807, 2.05) is 0 Å². The van der Waals surface area contributed by atoms with Crippen LogP contribution in [0.25, 0.3) is 0 Å². The van der Waals surface area contributed by atoms with Gasteiger partial charge in [-0.25, -0.2) is 26.4 Å². The lowest BCUT2D eigenvalue weighted by Crippen LogP contribution is -2.61. The lowest BCUT2D eigenvalue weighted by molar-refractivity contribution is -0.121. The molecule has 2 fully saturated rings. The maximum atomic E-state index is 15.3. The molecule has 52 heavy (non-hydrogen) atoms. The average molecular weight is 766 g/mol. The topological polar surface area (TPSA) is 121 Å². The van der Waals surface area contributed by atoms with E-state index >= 15 is 9.18 Å². The second kappa shape index (κ2) is 15.0. The predicted molar refractivity (Wildman–Crippen MR) is 187 cm³/mol. The van der Waals surface area contributed by atoms with E-state index in [4.69, 9.17) is 25.8 Å². The first kappa shape index (κ1) is 37.5. The van der Waals surface area contributed by atoms with Gasteiger partial charge in [0, 0.05) is 55.5 Å². The van der Waals surface area contributed by atoms with Crippen molar-refractivity contribution in [3.8, 4) is 17.2 Å². The van der Waals surface area contributed by atoms with Crippen LogP contribution in [0.2, 0.25) is 5.02 Å². The molecule has 3 aliphatic rings. The number of benzene rings is 3. The van der Waals surface area contributed by atoms with E-state index in [1.165, 1.54) is 55.5 Å². The van der Waals surface area contributed by atoms with E-state index in [9.17, 15) is 22.0 Å². The van der Waals surface area contributed by atoms with Gasteiger partial charge in [0.15, 0.2) is 5.54 Å². The van der Waals surface area contributed by atoms with Crippen LogP contribution in [0.5, 0.6) is 17.2 Å². The number of nitrogens with one attached hydrogen (secondary N) is 1. The Balaban J connectivity index is 1.46. The quantitative estimate of drug-likeness (QED) is 0.317. The zero-order valence-electron chi connectivity index (χ0n) is 28.8. The number of alkyl halides is 2. The number of ether oxygens (including phenoxy) is 3. The predicted octanol–water partition coefficient (Wildman–Crippen LogP) is 4.54. The summed E-state index contributed by atoms with van der Waals surface area (Å²) in [6, 6.07) is 10.8. The molecule has 0 spiro atoms. The summed E-state index contributed by atoms with van der Waals surface area (Å²) in [5.74, 6) is -2.48. The number of methoxy groups -OCH3 is 2. The first-order chi connectivity index (χ1) is 24.8. The third-order valence-electron chi connectivity index (χ3n) is 9.81. The van der Waals surface area contributed by atoms with Crippen molar-refractivity contribution in [2.45, 2.75) is 35.7 Å². The van der Waals surface area contributed by atoms with Crippen molar-refractivity contribution in [3.63, 3.8) is 0 Å². The van der Waals surface area contributed by atoms with Crippen molar-refractivity contribution in [1.29, 1.82) is 0 Å². The van der Waals surface area contributed by atoms with Crippen molar-refractivity contribution in [3.05, 3.63) is 76.6 Å². The Bertz CT molecular complexity index is 1940. The molecule has 280 valence electrons. The minimum atomic E-state index is -4.94. The first-order valence-electron chi connectivity index (χ1n) is 16.6. The zero-order valence-corrected chi connectivity index (χ0v) is 30.4. The molecular weight excluding hydrogens is 727 g/mol. The van der Waals surface area contributed by atoms with Crippen LogP contribution in [-0.2, 0) is 20.4 Å². The fourth-order valence-electron chi connectivity index (χ4n) is 7.10. The highest BCUT2D eigenvalue weighted by Gasteiger charge is 2.59. The van der Waals surface area contributed by atoms with Gasteiger partial charge in [-0.15, -0.1) is 0 Å². The molecule has 12 nitrogen and oxygen atoms in total. The maximum Gasteiger partial charge on any atom is 0.318 e. The van der Waals surface area contributed by atoms with Crippen LogP contribution in [0, 0.1) is 5.82 Å². The Labute approximate surface area is 305 Å². The Kier molecular flexibility index (Phi) is 10.8. The highest BCUT2D eigenvalue weighted by molar-refractivity contribution is 7.93. The Morgan fingerprint density at radius 1 is 0.962 bits per heavy atom. The number of piperazine rings is 1. The summed E-state index contributed by atoms with van der Waals surface area (Å²) in [7, 11) is -0.272. The van der Waals surface area contributed by atoms with Crippen LogP contribution in [0.4, 0.5) is 23.7 Å². The molecule has 3 aromatic rings. The van der Waals surface area contributed by atoms with Crippen molar-refractivity contribution >= 4 is 39.2 Å². The average Bonchev–Trinajstić information content (AvgIpc) is 3.37. The Morgan fingerprint density at radius 2 is 1.65 bits per heavy atom. The number of urea groups is 1. The van der Waals surface area contributed by atoms with Gasteiger partial charge in [0.05, 0.1) is 24.9 Å². The molecule has 1 atom stereocenters. The lowest BCUT2D eigenvalue weighted by Gasteiger charge is -2.43. The second-order valence-corrected chi connectivity index (χ2v) is 15.0. The number of fused-ring (bicyclic) bond motifs is 1. The summed E-state index contributed by atoms with van der Waals surface area (Å²) < 4.78 is 87.7. The highest BCUT2D eigenvalue weighted by Crippen LogP contribution is 2.51. The SMILES string of the molecule is COc1ccc(S(=O)(=O)N2C(=O)C(NC(=O)N3CCN(C4CCN(C)CC4)CC3)(c3ccccc3OCC(F)F)c3cc(Cl)c(F)cc32)c(OC)c1. The number of sulfonamides is 1. The van der Waals surface area contributed by atoms with Crippen LogP contribution in [0.15, 0.2) is 59.5 Å². The molecule has 1 unspecified atom stereocenters. The van der Waals surface area contributed by atoms with Crippen molar-refractivity contribution < 1.29 is 45.4 Å². The molecule has 3 aromatic carbocycles. The number of rotatable bonds is 10. The number of halogens is 4. The molecule has 0 bridgehead atoms. The van der Waals surface area contributed by atoms with Gasteiger partial charge in [-0.2, -0.15) is 4.31 Å².